The van der Waals surface area contributed by atoms with Crippen LogP contribution in [0.2, 0.25) is 0 Å². The van der Waals surface area contributed by atoms with E-state index in [1.165, 1.54) is 17.7 Å². The first-order valence-electron chi connectivity index (χ1n) is 8.46. The van der Waals surface area contributed by atoms with E-state index in [1.807, 2.05) is 10.7 Å². The van der Waals surface area contributed by atoms with Crippen LogP contribution < -0.4 is 5.56 Å². The Kier molecular flexibility index (Phi) is 4.12. The molecule has 1 unspecified atom stereocenters. The number of thiophene rings is 1. The summed E-state index contributed by atoms with van der Waals surface area (Å²) < 4.78 is 1.86. The van der Waals surface area contributed by atoms with Crippen LogP contribution in [0, 0.1) is 6.92 Å². The largest absolute Gasteiger partial charge is 0.387 e. The lowest BCUT2D eigenvalue weighted by Crippen LogP contribution is -2.30. The van der Waals surface area contributed by atoms with E-state index in [0.29, 0.717) is 46.0 Å². The number of aliphatic hydroxyl groups is 1. The van der Waals surface area contributed by atoms with Gasteiger partial charge in [-0.1, -0.05) is 0 Å². The monoisotopic (exact) mass is 373 g/mol. The molecule has 1 aliphatic rings. The maximum atomic E-state index is 13.1. The maximum Gasteiger partial charge on any atom is 0.264 e. The number of nitrogens with zero attached hydrogens (tertiary/aromatic N) is 4. The number of rotatable bonds is 2. The fourth-order valence-electron chi connectivity index (χ4n) is 3.29. The van der Waals surface area contributed by atoms with Crippen LogP contribution in [-0.2, 0) is 13.1 Å². The number of aromatic nitrogens is 4. The number of H-pyrrole nitrogens is 1. The van der Waals surface area contributed by atoms with Crippen molar-refractivity contribution in [2.24, 2.45) is 0 Å². The fourth-order valence-corrected chi connectivity index (χ4v) is 4.41. The van der Waals surface area contributed by atoms with E-state index in [1.54, 1.807) is 18.7 Å². The summed E-state index contributed by atoms with van der Waals surface area (Å²) in [5.41, 5.74) is 1.97. The molecule has 4 heterocycles. The van der Waals surface area contributed by atoms with Crippen molar-refractivity contribution in [1.82, 2.24) is 24.6 Å². The van der Waals surface area contributed by atoms with Crippen LogP contribution >= 0.6 is 11.3 Å². The molecule has 0 aliphatic carbocycles. The highest BCUT2D eigenvalue weighted by Gasteiger charge is 2.26. The Labute approximate surface area is 153 Å². The predicted octanol–water partition coefficient (Wildman–Crippen LogP) is 1.59. The SMILES string of the molecule is Cc1c(C(=O)N2CCCn3nc(C(C)O)cc3C2)sc2nc[nH]c(=O)c12. The third-order valence-electron chi connectivity index (χ3n) is 4.68. The molecule has 0 aromatic carbocycles. The van der Waals surface area contributed by atoms with Crippen molar-refractivity contribution < 1.29 is 9.90 Å². The minimum Gasteiger partial charge on any atom is -0.387 e. The van der Waals surface area contributed by atoms with E-state index in [9.17, 15) is 14.7 Å². The van der Waals surface area contributed by atoms with Crippen LogP contribution in [0.5, 0.6) is 0 Å². The second kappa shape index (κ2) is 6.33. The van der Waals surface area contributed by atoms with Crippen molar-refractivity contribution in [3.8, 4) is 0 Å². The molecule has 9 heteroatoms. The van der Waals surface area contributed by atoms with Crippen molar-refractivity contribution in [2.45, 2.75) is 39.5 Å². The zero-order valence-electron chi connectivity index (χ0n) is 14.5. The maximum absolute atomic E-state index is 13.1. The highest BCUT2D eigenvalue weighted by molar-refractivity contribution is 7.20. The average Bonchev–Trinajstić information content (AvgIpc) is 3.10. The molecule has 0 radical (unpaired) electrons. The Balaban J connectivity index is 1.69. The first kappa shape index (κ1) is 16.9. The van der Waals surface area contributed by atoms with Crippen molar-refractivity contribution in [1.29, 1.82) is 0 Å². The number of amides is 1. The molecule has 0 saturated heterocycles. The zero-order chi connectivity index (χ0) is 18.4. The third kappa shape index (κ3) is 2.73. The molecule has 1 amide bonds. The summed E-state index contributed by atoms with van der Waals surface area (Å²) in [5, 5.41) is 14.6. The van der Waals surface area contributed by atoms with Crippen LogP contribution in [0.1, 0.15) is 46.1 Å². The van der Waals surface area contributed by atoms with E-state index in [4.69, 9.17) is 0 Å². The molecule has 1 aliphatic heterocycles. The van der Waals surface area contributed by atoms with Gasteiger partial charge in [-0.25, -0.2) is 4.98 Å². The summed E-state index contributed by atoms with van der Waals surface area (Å²) in [5.74, 6) is -0.0989. The summed E-state index contributed by atoms with van der Waals surface area (Å²) in [6.45, 7) is 5.21. The molecule has 0 saturated carbocycles. The Morgan fingerprint density at radius 1 is 1.42 bits per heavy atom. The Morgan fingerprint density at radius 2 is 2.23 bits per heavy atom. The molecule has 3 aromatic heterocycles. The lowest BCUT2D eigenvalue weighted by Gasteiger charge is -2.19. The van der Waals surface area contributed by atoms with Gasteiger partial charge in [-0.2, -0.15) is 5.10 Å². The van der Waals surface area contributed by atoms with Gasteiger partial charge in [-0.05, 0) is 31.9 Å². The standard InChI is InChI=1S/C17H19N5O3S/c1-9-13-15(24)18-8-19-16(13)26-14(9)17(25)21-4-3-5-22-11(7-21)6-12(20-22)10(2)23/h6,8,10,23H,3-5,7H2,1-2H3,(H,18,19,24). The number of hydrogen-bond acceptors (Lipinski definition) is 6. The molecule has 0 bridgehead atoms. The minimum absolute atomic E-state index is 0.0989. The van der Waals surface area contributed by atoms with E-state index in [2.05, 4.69) is 15.1 Å². The quantitative estimate of drug-likeness (QED) is 0.710. The Hall–Kier alpha value is -2.52. The number of carbonyl (C=O) groups is 1. The molecule has 2 N–H and O–H groups in total. The van der Waals surface area contributed by atoms with Gasteiger partial charge in [-0.15, -0.1) is 11.3 Å². The van der Waals surface area contributed by atoms with Crippen LogP contribution in [0.15, 0.2) is 17.2 Å². The van der Waals surface area contributed by atoms with Gasteiger partial charge in [0.25, 0.3) is 11.5 Å². The molecule has 8 nitrogen and oxygen atoms in total. The molecule has 4 rings (SSSR count). The predicted molar refractivity (Wildman–Crippen MR) is 97.2 cm³/mol. The summed E-state index contributed by atoms with van der Waals surface area (Å²) in [6, 6.07) is 1.85. The van der Waals surface area contributed by atoms with Crippen molar-refractivity contribution >= 4 is 27.5 Å². The van der Waals surface area contributed by atoms with Gasteiger partial charge in [-0.3, -0.25) is 14.3 Å². The highest BCUT2D eigenvalue weighted by Crippen LogP contribution is 2.29. The van der Waals surface area contributed by atoms with Gasteiger partial charge in [0.2, 0.25) is 0 Å². The fraction of sp³-hybridized carbons (Fsp3) is 0.412. The second-order valence-corrected chi connectivity index (χ2v) is 7.51. The Bertz CT molecular complexity index is 1050. The molecular formula is C17H19N5O3S. The molecule has 136 valence electrons. The molecular weight excluding hydrogens is 354 g/mol. The average molecular weight is 373 g/mol. The van der Waals surface area contributed by atoms with Gasteiger partial charge in [0.05, 0.1) is 40.6 Å². The number of carbonyl (C=O) groups excluding carboxylic acids is 1. The zero-order valence-corrected chi connectivity index (χ0v) is 15.3. The van der Waals surface area contributed by atoms with Crippen LogP contribution in [0.3, 0.4) is 0 Å². The first-order chi connectivity index (χ1) is 12.5. The third-order valence-corrected chi connectivity index (χ3v) is 5.86. The van der Waals surface area contributed by atoms with E-state index in [-0.39, 0.29) is 11.5 Å². The van der Waals surface area contributed by atoms with Crippen molar-refractivity contribution in [3.63, 3.8) is 0 Å². The lowest BCUT2D eigenvalue weighted by atomic mass is 10.2. The van der Waals surface area contributed by atoms with Gasteiger partial charge < -0.3 is 15.0 Å². The smallest absolute Gasteiger partial charge is 0.264 e. The van der Waals surface area contributed by atoms with Gasteiger partial charge in [0, 0.05) is 13.1 Å². The lowest BCUT2D eigenvalue weighted by molar-refractivity contribution is 0.0750. The van der Waals surface area contributed by atoms with E-state index < -0.39 is 6.10 Å². The summed E-state index contributed by atoms with van der Waals surface area (Å²) in [7, 11) is 0. The number of hydrogen-bond donors (Lipinski definition) is 2. The number of nitrogens with one attached hydrogen (secondary N) is 1. The number of fused-ring (bicyclic) bond motifs is 2. The summed E-state index contributed by atoms with van der Waals surface area (Å²) in [4.78, 5) is 34.8. The summed E-state index contributed by atoms with van der Waals surface area (Å²) in [6.07, 6.45) is 1.50. The van der Waals surface area contributed by atoms with Crippen LogP contribution in [-0.4, -0.2) is 42.2 Å². The normalized spacial score (nSPS) is 15.7. The Morgan fingerprint density at radius 3 is 2.96 bits per heavy atom. The van der Waals surface area contributed by atoms with Gasteiger partial charge in [0.1, 0.15) is 4.83 Å². The second-order valence-electron chi connectivity index (χ2n) is 6.51. The van der Waals surface area contributed by atoms with Crippen LogP contribution in [0.4, 0.5) is 0 Å². The van der Waals surface area contributed by atoms with Crippen molar-refractivity contribution in [2.75, 3.05) is 6.54 Å². The first-order valence-corrected chi connectivity index (χ1v) is 9.28. The summed E-state index contributed by atoms with van der Waals surface area (Å²) >= 11 is 1.25. The molecule has 1 atom stereocenters. The van der Waals surface area contributed by atoms with Gasteiger partial charge >= 0.3 is 0 Å². The topological polar surface area (TPSA) is 104 Å². The number of aromatic amines is 1. The number of aryl methyl sites for hydroxylation is 2. The molecule has 3 aromatic rings. The minimum atomic E-state index is -0.638. The number of aliphatic hydroxyl groups excluding tert-OH is 1. The van der Waals surface area contributed by atoms with E-state index in [0.717, 1.165) is 12.1 Å². The molecule has 0 spiro atoms. The molecule has 26 heavy (non-hydrogen) atoms. The van der Waals surface area contributed by atoms with Gasteiger partial charge in [0.15, 0.2) is 0 Å². The highest BCUT2D eigenvalue weighted by atomic mass is 32.1. The van der Waals surface area contributed by atoms with E-state index >= 15 is 0 Å². The van der Waals surface area contributed by atoms with Crippen LogP contribution in [0.25, 0.3) is 10.2 Å². The molecule has 0 fully saturated rings. The van der Waals surface area contributed by atoms with Crippen molar-refractivity contribution in [3.05, 3.63) is 44.6 Å².